The minimum atomic E-state index is -0.337. The highest BCUT2D eigenvalue weighted by molar-refractivity contribution is 8.12. The molecule has 6 nitrogen and oxygen atoms in total. The number of fused-ring (bicyclic) bond motifs is 1. The lowest BCUT2D eigenvalue weighted by atomic mass is 10.3. The average Bonchev–Trinajstić information content (AvgIpc) is 2.78. The van der Waals surface area contributed by atoms with E-state index in [1.165, 1.54) is 11.8 Å². The number of aromatic nitrogens is 2. The molecule has 0 aliphatic heterocycles. The number of imidazole rings is 1. The van der Waals surface area contributed by atoms with Gasteiger partial charge in [0.1, 0.15) is 11.6 Å². The van der Waals surface area contributed by atoms with E-state index in [2.05, 4.69) is 15.0 Å². The largest absolute Gasteiger partial charge is 0.468 e. The van der Waals surface area contributed by atoms with Crippen molar-refractivity contribution in [3.63, 3.8) is 0 Å². The number of aliphatic hydroxyl groups excluding tert-OH is 1. The summed E-state index contributed by atoms with van der Waals surface area (Å²) in [5.74, 6) is 2.11. The van der Waals surface area contributed by atoms with Gasteiger partial charge in [0.15, 0.2) is 6.79 Å². The molecule has 5 N–H and O–H groups in total. The van der Waals surface area contributed by atoms with Gasteiger partial charge in [-0.1, -0.05) is 0 Å². The summed E-state index contributed by atoms with van der Waals surface area (Å²) in [6.07, 6.45) is 0. The van der Waals surface area contributed by atoms with Crippen LogP contribution in [0.2, 0.25) is 0 Å². The van der Waals surface area contributed by atoms with E-state index in [-0.39, 0.29) is 6.79 Å². The van der Waals surface area contributed by atoms with E-state index in [0.29, 0.717) is 16.7 Å². The first-order chi connectivity index (χ1) is 8.72. The molecule has 0 unspecified atom stereocenters. The number of hydrogen-bond acceptors (Lipinski definition) is 4. The Balaban J connectivity index is 2.16. The number of nitrogens with two attached hydrogens (primary N) is 1. The lowest BCUT2D eigenvalue weighted by Crippen LogP contribution is -2.69. The van der Waals surface area contributed by atoms with Gasteiger partial charge in [0.05, 0.1) is 23.8 Å². The summed E-state index contributed by atoms with van der Waals surface area (Å²) in [7, 11) is 1.78. The second kappa shape index (κ2) is 5.74. The van der Waals surface area contributed by atoms with Gasteiger partial charge in [-0.3, -0.25) is 10.7 Å². The summed E-state index contributed by atoms with van der Waals surface area (Å²) in [4.78, 5) is 10.5. The predicted octanol–water partition coefficient (Wildman–Crippen LogP) is -0.850. The minimum absolute atomic E-state index is 0.337. The monoisotopic (exact) mass is 267 g/mol. The van der Waals surface area contributed by atoms with Crippen LogP contribution in [0.15, 0.2) is 18.2 Å². The van der Waals surface area contributed by atoms with Gasteiger partial charge in [-0.2, -0.15) is 0 Å². The first-order valence-corrected chi connectivity index (χ1v) is 6.36. The van der Waals surface area contributed by atoms with E-state index in [1.54, 1.807) is 19.2 Å². The number of nitrogens with one attached hydrogen (secondary N) is 2. The van der Waals surface area contributed by atoms with Crippen LogP contribution in [0.4, 0.5) is 0 Å². The Morgan fingerprint density at radius 2 is 2.44 bits per heavy atom. The van der Waals surface area contributed by atoms with Crippen LogP contribution < -0.4 is 15.5 Å². The molecule has 1 heterocycles. The van der Waals surface area contributed by atoms with Crippen LogP contribution in [0.3, 0.4) is 0 Å². The summed E-state index contributed by atoms with van der Waals surface area (Å²) in [6, 6.07) is 5.42. The smallest absolute Gasteiger partial charge is 0.302 e. The Hall–Kier alpha value is -1.73. The zero-order valence-electron chi connectivity index (χ0n) is 9.93. The van der Waals surface area contributed by atoms with Gasteiger partial charge in [0, 0.05) is 6.07 Å². The van der Waals surface area contributed by atoms with Crippen molar-refractivity contribution in [3.05, 3.63) is 24.0 Å². The van der Waals surface area contributed by atoms with Gasteiger partial charge in [0.25, 0.3) is 0 Å². The van der Waals surface area contributed by atoms with Gasteiger partial charge in [0.2, 0.25) is 0 Å². The third-order valence-electron chi connectivity index (χ3n) is 2.34. The summed E-state index contributed by atoms with van der Waals surface area (Å²) in [6.45, 7) is -0.337. The quantitative estimate of drug-likeness (QED) is 0.329. The fourth-order valence-corrected chi connectivity index (χ4v) is 2.07. The molecule has 7 heteroatoms. The van der Waals surface area contributed by atoms with Crippen LogP contribution in [0, 0.1) is 0 Å². The fraction of sp³-hybridized carbons (Fsp3) is 0.273. The normalized spacial score (nSPS) is 12.0. The lowest BCUT2D eigenvalue weighted by Gasteiger charge is -2.00. The molecule has 18 heavy (non-hydrogen) atoms. The Bertz CT molecular complexity index is 567. The average molecular weight is 267 g/mol. The number of H-pyrrole nitrogens is 1. The molecule has 0 radical (unpaired) electrons. The molecule has 96 valence electrons. The SMILES string of the molecule is C[NH+]=C(N)SCc1nc2ccc(OCO)cc2[nH]1. The summed E-state index contributed by atoms with van der Waals surface area (Å²) in [5, 5.41) is 9.35. The van der Waals surface area contributed by atoms with Crippen molar-refractivity contribution in [2.75, 3.05) is 13.8 Å². The maximum Gasteiger partial charge on any atom is 0.302 e. The number of nitrogens with zero attached hydrogens (tertiary/aromatic N) is 1. The summed E-state index contributed by atoms with van der Waals surface area (Å²) < 4.78 is 5.01. The maximum atomic E-state index is 8.69. The van der Waals surface area contributed by atoms with Crippen molar-refractivity contribution in [1.82, 2.24) is 9.97 Å². The topological polar surface area (TPSA) is 98.1 Å². The van der Waals surface area contributed by atoms with Crippen molar-refractivity contribution in [1.29, 1.82) is 0 Å². The highest BCUT2D eigenvalue weighted by atomic mass is 32.2. The number of thioether (sulfide) groups is 1. The molecule has 0 atom stereocenters. The van der Waals surface area contributed by atoms with Gasteiger partial charge >= 0.3 is 5.17 Å². The van der Waals surface area contributed by atoms with Crippen LogP contribution in [-0.2, 0) is 5.75 Å². The third kappa shape index (κ3) is 2.93. The van der Waals surface area contributed by atoms with Crippen LogP contribution in [0.1, 0.15) is 5.82 Å². The van der Waals surface area contributed by atoms with Gasteiger partial charge in [-0.25, -0.2) is 4.98 Å². The number of amidine groups is 1. The van der Waals surface area contributed by atoms with Crippen molar-refractivity contribution >= 4 is 28.0 Å². The molecule has 1 aromatic carbocycles. The Morgan fingerprint density at radius 3 is 3.17 bits per heavy atom. The first kappa shape index (κ1) is 12.7. The second-order valence-corrected chi connectivity index (χ2v) is 4.56. The Labute approximate surface area is 108 Å². The third-order valence-corrected chi connectivity index (χ3v) is 3.28. The minimum Gasteiger partial charge on any atom is -0.468 e. The van der Waals surface area contributed by atoms with Gasteiger partial charge in [-0.15, -0.1) is 0 Å². The number of ether oxygens (including phenoxy) is 1. The first-order valence-electron chi connectivity index (χ1n) is 5.38. The molecule has 0 bridgehead atoms. The molecule has 0 spiro atoms. The van der Waals surface area contributed by atoms with Crippen LogP contribution >= 0.6 is 11.8 Å². The molecule has 1 aromatic heterocycles. The van der Waals surface area contributed by atoms with Crippen molar-refractivity contribution in [2.45, 2.75) is 5.75 Å². The number of hydrogen-bond donors (Lipinski definition) is 4. The zero-order chi connectivity index (χ0) is 13.0. The van der Waals surface area contributed by atoms with Crippen molar-refractivity contribution < 1.29 is 14.8 Å². The Morgan fingerprint density at radius 1 is 1.61 bits per heavy atom. The maximum absolute atomic E-state index is 8.69. The highest BCUT2D eigenvalue weighted by Crippen LogP contribution is 2.20. The van der Waals surface area contributed by atoms with Crippen LogP contribution in [0.5, 0.6) is 5.75 Å². The molecule has 0 aliphatic carbocycles. The highest BCUT2D eigenvalue weighted by Gasteiger charge is 2.06. The number of aliphatic hydroxyl groups is 1. The van der Waals surface area contributed by atoms with Gasteiger partial charge in [-0.05, 0) is 23.9 Å². The van der Waals surface area contributed by atoms with E-state index in [4.69, 9.17) is 15.6 Å². The molecule has 0 aliphatic rings. The van der Waals surface area contributed by atoms with E-state index in [0.717, 1.165) is 16.9 Å². The molecule has 2 rings (SSSR count). The Kier molecular flexibility index (Phi) is 4.06. The molecule has 2 aromatic rings. The predicted molar refractivity (Wildman–Crippen MR) is 71.2 cm³/mol. The fourth-order valence-electron chi connectivity index (χ4n) is 1.49. The zero-order valence-corrected chi connectivity index (χ0v) is 10.8. The standard InChI is InChI=1S/C11H14N4O2S/c1-13-11(12)18-5-10-14-8-3-2-7(17-6-16)4-9(8)15-10/h2-4,16H,5-6H2,1H3,(H2,12,13)(H,14,15)/p+1. The van der Waals surface area contributed by atoms with Gasteiger partial charge < -0.3 is 14.8 Å². The second-order valence-electron chi connectivity index (χ2n) is 3.54. The summed E-state index contributed by atoms with van der Waals surface area (Å²) in [5.41, 5.74) is 7.39. The number of rotatable bonds is 4. The van der Waals surface area contributed by atoms with E-state index < -0.39 is 0 Å². The lowest BCUT2D eigenvalue weighted by molar-refractivity contribution is -0.417. The molecular weight excluding hydrogens is 252 g/mol. The molecule has 0 saturated heterocycles. The summed E-state index contributed by atoms with van der Waals surface area (Å²) >= 11 is 1.48. The van der Waals surface area contributed by atoms with Crippen LogP contribution in [-0.4, -0.2) is 34.1 Å². The van der Waals surface area contributed by atoms with E-state index in [1.807, 2.05) is 6.07 Å². The molecule has 0 fully saturated rings. The number of benzene rings is 1. The number of aromatic amines is 1. The van der Waals surface area contributed by atoms with E-state index in [9.17, 15) is 0 Å². The molecule has 0 amide bonds. The molecular formula is C11H15N4O2S+. The molecule has 0 saturated carbocycles. The van der Waals surface area contributed by atoms with Crippen molar-refractivity contribution in [2.24, 2.45) is 5.73 Å². The van der Waals surface area contributed by atoms with Crippen LogP contribution in [0.25, 0.3) is 11.0 Å². The van der Waals surface area contributed by atoms with E-state index >= 15 is 0 Å². The van der Waals surface area contributed by atoms with Crippen molar-refractivity contribution in [3.8, 4) is 5.75 Å².